The molecule has 2 unspecified atom stereocenters. The summed E-state index contributed by atoms with van der Waals surface area (Å²) in [5.41, 5.74) is 1.22. The van der Waals surface area contributed by atoms with Crippen molar-refractivity contribution in [2.24, 2.45) is 0 Å². The van der Waals surface area contributed by atoms with Crippen LogP contribution in [0.3, 0.4) is 0 Å². The second-order valence-corrected chi connectivity index (χ2v) is 5.26. The summed E-state index contributed by atoms with van der Waals surface area (Å²) >= 11 is 5.95. The number of likely N-dealkylation sites (N-methyl/N-ethyl adjacent to an activating group) is 1. The Bertz CT molecular complexity index is 372. The van der Waals surface area contributed by atoms with Gasteiger partial charge in [0, 0.05) is 30.7 Å². The Morgan fingerprint density at radius 3 is 3.00 bits per heavy atom. The average molecular weight is 255 g/mol. The second kappa shape index (κ2) is 5.83. The third kappa shape index (κ3) is 3.96. The maximum atomic E-state index is 9.44. The van der Waals surface area contributed by atoms with Crippen molar-refractivity contribution < 1.29 is 5.11 Å². The van der Waals surface area contributed by atoms with Gasteiger partial charge < -0.3 is 15.3 Å². The van der Waals surface area contributed by atoms with E-state index in [2.05, 4.69) is 23.3 Å². The van der Waals surface area contributed by atoms with Crippen molar-refractivity contribution in [3.05, 3.63) is 34.9 Å². The van der Waals surface area contributed by atoms with Gasteiger partial charge in [-0.3, -0.25) is 0 Å². The van der Waals surface area contributed by atoms with Crippen molar-refractivity contribution in [3.63, 3.8) is 0 Å². The number of β-amino-alcohol motifs (C(OH)–C–C–N with tert-alkyl or cyclic N) is 1. The number of aliphatic hydroxyl groups excluding tert-OH is 1. The average Bonchev–Trinajstić information content (AvgIpc) is 2.63. The lowest BCUT2D eigenvalue weighted by Gasteiger charge is -2.21. The highest BCUT2D eigenvalue weighted by atomic mass is 35.5. The number of aliphatic hydroxyl groups is 1. The lowest BCUT2D eigenvalue weighted by atomic mass is 10.1. The maximum Gasteiger partial charge on any atom is 0.0680 e. The molecule has 0 aromatic heterocycles. The predicted octanol–water partition coefficient (Wildman–Crippen LogP) is 1.49. The Labute approximate surface area is 107 Å². The molecule has 2 atom stereocenters. The minimum atomic E-state index is -0.181. The number of nitrogens with zero attached hydrogens (tertiary/aromatic N) is 1. The molecule has 0 bridgehead atoms. The van der Waals surface area contributed by atoms with Crippen molar-refractivity contribution in [3.8, 4) is 0 Å². The molecule has 0 radical (unpaired) electrons. The molecule has 1 aliphatic heterocycles. The van der Waals surface area contributed by atoms with E-state index in [0.717, 1.165) is 31.1 Å². The first-order valence-corrected chi connectivity index (χ1v) is 6.35. The summed E-state index contributed by atoms with van der Waals surface area (Å²) in [6, 6.07) is 8.34. The maximum absolute atomic E-state index is 9.44. The molecular weight excluding hydrogens is 236 g/mol. The van der Waals surface area contributed by atoms with Gasteiger partial charge in [0.25, 0.3) is 0 Å². The highest BCUT2D eigenvalue weighted by molar-refractivity contribution is 6.30. The topological polar surface area (TPSA) is 35.5 Å². The molecule has 0 saturated carbocycles. The van der Waals surface area contributed by atoms with Crippen LogP contribution in [0.15, 0.2) is 24.3 Å². The van der Waals surface area contributed by atoms with Gasteiger partial charge in [0.15, 0.2) is 0 Å². The van der Waals surface area contributed by atoms with E-state index < -0.39 is 0 Å². The van der Waals surface area contributed by atoms with Gasteiger partial charge in [0.2, 0.25) is 0 Å². The van der Waals surface area contributed by atoms with Crippen LogP contribution in [0.1, 0.15) is 12.0 Å². The zero-order chi connectivity index (χ0) is 12.3. The Kier molecular flexibility index (Phi) is 4.40. The van der Waals surface area contributed by atoms with Gasteiger partial charge in [-0.1, -0.05) is 23.7 Å². The highest BCUT2D eigenvalue weighted by Crippen LogP contribution is 2.13. The van der Waals surface area contributed by atoms with Gasteiger partial charge in [-0.2, -0.15) is 0 Å². The molecule has 1 aliphatic rings. The largest absolute Gasteiger partial charge is 0.392 e. The molecule has 3 nitrogen and oxygen atoms in total. The fourth-order valence-electron chi connectivity index (χ4n) is 2.32. The van der Waals surface area contributed by atoms with Crippen LogP contribution < -0.4 is 5.32 Å². The summed E-state index contributed by atoms with van der Waals surface area (Å²) in [7, 11) is 2.09. The highest BCUT2D eigenvalue weighted by Gasteiger charge is 2.22. The van der Waals surface area contributed by atoms with Crippen LogP contribution in [0.5, 0.6) is 0 Å². The van der Waals surface area contributed by atoms with Gasteiger partial charge >= 0.3 is 0 Å². The Morgan fingerprint density at radius 2 is 2.35 bits per heavy atom. The normalized spacial score (nSPS) is 24.5. The van der Waals surface area contributed by atoms with E-state index in [4.69, 9.17) is 11.6 Å². The minimum Gasteiger partial charge on any atom is -0.392 e. The van der Waals surface area contributed by atoms with E-state index in [0.29, 0.717) is 6.04 Å². The summed E-state index contributed by atoms with van der Waals surface area (Å²) in [4.78, 5) is 2.25. The minimum absolute atomic E-state index is 0.181. The molecule has 1 aromatic carbocycles. The summed E-state index contributed by atoms with van der Waals surface area (Å²) in [6.45, 7) is 2.55. The second-order valence-electron chi connectivity index (χ2n) is 4.82. The fourth-order valence-corrected chi connectivity index (χ4v) is 2.54. The molecule has 4 heteroatoms. The monoisotopic (exact) mass is 254 g/mol. The predicted molar refractivity (Wildman–Crippen MR) is 70.2 cm³/mol. The molecule has 1 heterocycles. The number of nitrogens with one attached hydrogen (secondary N) is 1. The van der Waals surface area contributed by atoms with Gasteiger partial charge in [0.1, 0.15) is 0 Å². The van der Waals surface area contributed by atoms with Crippen LogP contribution in [0.25, 0.3) is 0 Å². The first-order chi connectivity index (χ1) is 8.13. The fraction of sp³-hybridized carbons (Fsp3) is 0.538. The quantitative estimate of drug-likeness (QED) is 0.855. The molecule has 0 spiro atoms. The third-order valence-electron chi connectivity index (χ3n) is 3.07. The van der Waals surface area contributed by atoms with Crippen molar-refractivity contribution in [2.75, 3.05) is 20.1 Å². The summed E-state index contributed by atoms with van der Waals surface area (Å²) in [6.07, 6.45) is 0.666. The van der Waals surface area contributed by atoms with E-state index in [1.807, 2.05) is 18.2 Å². The van der Waals surface area contributed by atoms with E-state index in [-0.39, 0.29) is 6.10 Å². The molecule has 94 valence electrons. The Balaban J connectivity index is 1.83. The number of rotatable bonds is 4. The molecule has 1 saturated heterocycles. The van der Waals surface area contributed by atoms with Crippen molar-refractivity contribution >= 4 is 11.6 Å². The lowest BCUT2D eigenvalue weighted by molar-refractivity contribution is 0.189. The summed E-state index contributed by atoms with van der Waals surface area (Å²) < 4.78 is 0. The van der Waals surface area contributed by atoms with E-state index in [1.165, 1.54) is 5.56 Å². The lowest BCUT2D eigenvalue weighted by Crippen LogP contribution is -2.34. The molecule has 1 aromatic rings. The van der Waals surface area contributed by atoms with Crippen LogP contribution in [-0.2, 0) is 6.54 Å². The first kappa shape index (κ1) is 12.8. The standard InChI is InChI=1S/C13H19ClN2O/c1-16(9-12-6-13(17)7-15-12)8-10-3-2-4-11(14)5-10/h2-5,12-13,15,17H,6-9H2,1H3. The van der Waals surface area contributed by atoms with Gasteiger partial charge in [-0.05, 0) is 31.2 Å². The van der Waals surface area contributed by atoms with Crippen molar-refractivity contribution in [2.45, 2.75) is 25.1 Å². The molecule has 0 amide bonds. The SMILES string of the molecule is CN(Cc1cccc(Cl)c1)CC1CC(O)CN1. The number of benzene rings is 1. The molecule has 17 heavy (non-hydrogen) atoms. The smallest absolute Gasteiger partial charge is 0.0680 e. The van der Waals surface area contributed by atoms with Crippen LogP contribution in [0.4, 0.5) is 0 Å². The third-order valence-corrected chi connectivity index (χ3v) is 3.31. The molecular formula is C13H19ClN2O. The van der Waals surface area contributed by atoms with Gasteiger partial charge in [-0.15, -0.1) is 0 Å². The Hall–Kier alpha value is -0.610. The van der Waals surface area contributed by atoms with Crippen LogP contribution in [-0.4, -0.2) is 42.3 Å². The number of halogens is 1. The van der Waals surface area contributed by atoms with E-state index in [1.54, 1.807) is 0 Å². The Morgan fingerprint density at radius 1 is 1.53 bits per heavy atom. The number of hydrogen-bond donors (Lipinski definition) is 2. The van der Waals surface area contributed by atoms with Gasteiger partial charge in [0.05, 0.1) is 6.10 Å². The zero-order valence-corrected chi connectivity index (χ0v) is 10.8. The molecule has 1 fully saturated rings. The van der Waals surface area contributed by atoms with Crippen LogP contribution >= 0.6 is 11.6 Å². The van der Waals surface area contributed by atoms with E-state index in [9.17, 15) is 5.11 Å². The summed E-state index contributed by atoms with van der Waals surface area (Å²) in [5.74, 6) is 0. The number of hydrogen-bond acceptors (Lipinski definition) is 3. The van der Waals surface area contributed by atoms with E-state index >= 15 is 0 Å². The summed E-state index contributed by atoms with van der Waals surface area (Å²) in [5, 5.41) is 13.5. The molecule has 2 N–H and O–H groups in total. The zero-order valence-electron chi connectivity index (χ0n) is 10.1. The van der Waals surface area contributed by atoms with Crippen LogP contribution in [0.2, 0.25) is 5.02 Å². The van der Waals surface area contributed by atoms with Crippen molar-refractivity contribution in [1.29, 1.82) is 0 Å². The molecule has 0 aliphatic carbocycles. The van der Waals surface area contributed by atoms with Gasteiger partial charge in [-0.25, -0.2) is 0 Å². The van der Waals surface area contributed by atoms with Crippen molar-refractivity contribution in [1.82, 2.24) is 10.2 Å². The first-order valence-electron chi connectivity index (χ1n) is 5.98. The van der Waals surface area contributed by atoms with Crippen LogP contribution in [0, 0.1) is 0 Å². The molecule has 2 rings (SSSR count).